The van der Waals surface area contributed by atoms with Crippen molar-refractivity contribution in [2.45, 2.75) is 72.3 Å². The molecular formula is C27H46N6O3. The smallest absolute Gasteiger partial charge is 0.243 e. The number of carbonyl (C=O) groups excluding carboxylic acids is 3. The number of hydrogen-bond donors (Lipinski definition) is 6. The molecule has 0 bridgehead atoms. The monoisotopic (exact) mass is 502 g/mol. The van der Waals surface area contributed by atoms with E-state index >= 15 is 0 Å². The van der Waals surface area contributed by atoms with Crippen molar-refractivity contribution >= 4 is 18.2 Å². The maximum absolute atomic E-state index is 12.9. The van der Waals surface area contributed by atoms with Crippen LogP contribution in [0.1, 0.15) is 52.2 Å². The number of rotatable bonds is 18. The van der Waals surface area contributed by atoms with E-state index in [-0.39, 0.29) is 23.8 Å². The van der Waals surface area contributed by atoms with Crippen molar-refractivity contribution in [3.63, 3.8) is 0 Å². The van der Waals surface area contributed by atoms with Crippen molar-refractivity contribution in [2.24, 2.45) is 11.8 Å². The Morgan fingerprint density at radius 2 is 1.56 bits per heavy atom. The molecule has 36 heavy (non-hydrogen) atoms. The van der Waals surface area contributed by atoms with E-state index in [0.29, 0.717) is 37.7 Å². The lowest BCUT2D eigenvalue weighted by Gasteiger charge is -2.27. The lowest BCUT2D eigenvalue weighted by molar-refractivity contribution is -0.131. The molecule has 0 aliphatic heterocycles. The Bertz CT molecular complexity index is 825. The van der Waals surface area contributed by atoms with Gasteiger partial charge in [-0.1, -0.05) is 58.5 Å². The molecule has 2 unspecified atom stereocenters. The molecule has 1 aromatic rings. The largest absolute Gasteiger partial charge is 0.383 e. The SMILES string of the molecule is C=C(CNC=O)NC(CN[C@@H](C)C(=O)NC(C(=O)NCc1ccc(CNC)cc1)C(C)C)CC(C)C. The topological polar surface area (TPSA) is 123 Å². The molecule has 0 radical (unpaired) electrons. The normalized spacial score (nSPS) is 13.6. The van der Waals surface area contributed by atoms with Gasteiger partial charge in [-0.25, -0.2) is 0 Å². The van der Waals surface area contributed by atoms with Gasteiger partial charge in [-0.3, -0.25) is 14.4 Å². The van der Waals surface area contributed by atoms with E-state index < -0.39 is 12.1 Å². The predicted molar refractivity (Wildman–Crippen MR) is 145 cm³/mol. The second kappa shape index (κ2) is 16.7. The summed E-state index contributed by atoms with van der Waals surface area (Å²) in [5.74, 6) is -0.0647. The molecule has 0 saturated heterocycles. The second-order valence-electron chi connectivity index (χ2n) is 10.00. The molecule has 0 aromatic heterocycles. The summed E-state index contributed by atoms with van der Waals surface area (Å²) < 4.78 is 0. The molecule has 1 aromatic carbocycles. The van der Waals surface area contributed by atoms with Gasteiger partial charge in [0.25, 0.3) is 0 Å². The zero-order valence-electron chi connectivity index (χ0n) is 22.7. The first-order valence-corrected chi connectivity index (χ1v) is 12.7. The second-order valence-corrected chi connectivity index (χ2v) is 10.00. The fourth-order valence-corrected chi connectivity index (χ4v) is 3.77. The van der Waals surface area contributed by atoms with E-state index in [4.69, 9.17) is 0 Å². The average Bonchev–Trinajstić information content (AvgIpc) is 2.83. The Labute approximate surface area is 216 Å². The summed E-state index contributed by atoms with van der Waals surface area (Å²) in [6.07, 6.45) is 1.51. The van der Waals surface area contributed by atoms with Crippen LogP contribution in [0.2, 0.25) is 0 Å². The van der Waals surface area contributed by atoms with Gasteiger partial charge >= 0.3 is 0 Å². The summed E-state index contributed by atoms with van der Waals surface area (Å²) in [6, 6.07) is 6.97. The first-order chi connectivity index (χ1) is 17.1. The molecule has 0 aliphatic carbocycles. The molecule has 1 rings (SSSR count). The summed E-state index contributed by atoms with van der Waals surface area (Å²) in [5.41, 5.74) is 2.88. The molecule has 9 nitrogen and oxygen atoms in total. The van der Waals surface area contributed by atoms with Crippen LogP contribution in [0.3, 0.4) is 0 Å². The third-order valence-corrected chi connectivity index (χ3v) is 5.74. The zero-order chi connectivity index (χ0) is 27.1. The molecule has 0 aliphatic rings. The zero-order valence-corrected chi connectivity index (χ0v) is 22.7. The molecule has 3 atom stereocenters. The van der Waals surface area contributed by atoms with Crippen LogP contribution in [0.4, 0.5) is 0 Å². The highest BCUT2D eigenvalue weighted by molar-refractivity contribution is 5.89. The Morgan fingerprint density at radius 1 is 0.944 bits per heavy atom. The van der Waals surface area contributed by atoms with Gasteiger partial charge in [0.05, 0.1) is 12.6 Å². The van der Waals surface area contributed by atoms with Crippen LogP contribution in [0.25, 0.3) is 0 Å². The molecule has 0 heterocycles. The molecule has 9 heteroatoms. The molecule has 0 fully saturated rings. The van der Waals surface area contributed by atoms with Crippen LogP contribution in [0.15, 0.2) is 36.5 Å². The minimum absolute atomic E-state index is 0.0462. The minimum atomic E-state index is -0.635. The van der Waals surface area contributed by atoms with Crippen LogP contribution in [-0.4, -0.2) is 56.5 Å². The molecular weight excluding hydrogens is 456 g/mol. The van der Waals surface area contributed by atoms with E-state index in [1.165, 1.54) is 5.56 Å². The van der Waals surface area contributed by atoms with E-state index in [9.17, 15) is 14.4 Å². The van der Waals surface area contributed by atoms with Crippen molar-refractivity contribution in [1.82, 2.24) is 31.9 Å². The van der Waals surface area contributed by atoms with E-state index in [1.807, 2.05) is 45.2 Å². The minimum Gasteiger partial charge on any atom is -0.383 e. The molecule has 6 N–H and O–H groups in total. The summed E-state index contributed by atoms with van der Waals surface area (Å²) >= 11 is 0. The predicted octanol–water partition coefficient (Wildman–Crippen LogP) is 1.41. The summed E-state index contributed by atoms with van der Waals surface area (Å²) in [5, 5.41) is 18.1. The van der Waals surface area contributed by atoms with Crippen molar-refractivity contribution < 1.29 is 14.4 Å². The van der Waals surface area contributed by atoms with Gasteiger partial charge in [0.2, 0.25) is 18.2 Å². The van der Waals surface area contributed by atoms with Crippen LogP contribution in [0, 0.1) is 11.8 Å². The van der Waals surface area contributed by atoms with Crippen molar-refractivity contribution in [2.75, 3.05) is 20.1 Å². The Balaban J connectivity index is 2.63. The van der Waals surface area contributed by atoms with Gasteiger partial charge in [0.1, 0.15) is 6.04 Å². The van der Waals surface area contributed by atoms with E-state index in [1.54, 1.807) is 6.92 Å². The summed E-state index contributed by atoms with van der Waals surface area (Å²) in [4.78, 5) is 36.3. The Morgan fingerprint density at radius 3 is 2.08 bits per heavy atom. The van der Waals surface area contributed by atoms with Crippen molar-refractivity contribution in [3.8, 4) is 0 Å². The van der Waals surface area contributed by atoms with Gasteiger partial charge < -0.3 is 31.9 Å². The van der Waals surface area contributed by atoms with Crippen LogP contribution in [0.5, 0.6) is 0 Å². The highest BCUT2D eigenvalue weighted by Crippen LogP contribution is 2.08. The number of amides is 3. The highest BCUT2D eigenvalue weighted by atomic mass is 16.2. The third kappa shape index (κ3) is 12.2. The number of carbonyl (C=O) groups is 3. The van der Waals surface area contributed by atoms with Crippen LogP contribution in [-0.2, 0) is 27.5 Å². The number of hydrogen-bond acceptors (Lipinski definition) is 6. The standard InChI is InChI=1S/C27H46N6O3/c1-18(2)12-24(32-20(5)13-29-17-34)16-30-21(6)26(35)33-25(19(3)4)27(36)31-15-23-10-8-22(9-11-23)14-28-7/h8-11,17-19,21,24-25,28,30,32H,5,12-16H2,1-4,6-7H3,(H,29,34)(H,31,36)(H,33,35)/t21-,24?,25?/m0/s1. The van der Waals surface area contributed by atoms with Gasteiger partial charge in [0, 0.05) is 31.4 Å². The van der Waals surface area contributed by atoms with Gasteiger partial charge in [-0.05, 0) is 43.4 Å². The van der Waals surface area contributed by atoms with Gasteiger partial charge in [-0.2, -0.15) is 0 Å². The third-order valence-electron chi connectivity index (χ3n) is 5.74. The molecule has 3 amide bonds. The highest BCUT2D eigenvalue weighted by Gasteiger charge is 2.26. The van der Waals surface area contributed by atoms with E-state index in [0.717, 1.165) is 18.5 Å². The van der Waals surface area contributed by atoms with Crippen molar-refractivity contribution in [1.29, 1.82) is 0 Å². The first-order valence-electron chi connectivity index (χ1n) is 12.7. The van der Waals surface area contributed by atoms with Crippen molar-refractivity contribution in [3.05, 3.63) is 47.7 Å². The van der Waals surface area contributed by atoms with Crippen LogP contribution < -0.4 is 31.9 Å². The van der Waals surface area contributed by atoms with E-state index in [2.05, 4.69) is 52.3 Å². The Hall–Kier alpha value is -2.91. The average molecular weight is 503 g/mol. The first kappa shape index (κ1) is 31.1. The maximum atomic E-state index is 12.9. The van der Waals surface area contributed by atoms with Gasteiger partial charge in [0.15, 0.2) is 0 Å². The quantitative estimate of drug-likeness (QED) is 0.169. The maximum Gasteiger partial charge on any atom is 0.243 e. The lowest BCUT2D eigenvalue weighted by Crippen LogP contribution is -2.55. The summed E-state index contributed by atoms with van der Waals surface area (Å²) in [7, 11) is 1.90. The number of nitrogens with one attached hydrogen (secondary N) is 6. The lowest BCUT2D eigenvalue weighted by atomic mass is 10.0. The fraction of sp³-hybridized carbons (Fsp3) is 0.593. The molecule has 202 valence electrons. The Kier molecular flexibility index (Phi) is 14.4. The molecule has 0 saturated carbocycles. The van der Waals surface area contributed by atoms with Gasteiger partial charge in [-0.15, -0.1) is 0 Å². The van der Waals surface area contributed by atoms with Crippen LogP contribution >= 0.6 is 0 Å². The fourth-order valence-electron chi connectivity index (χ4n) is 3.77. The number of benzene rings is 1. The summed E-state index contributed by atoms with van der Waals surface area (Å²) in [6.45, 7) is 15.9. The molecule has 0 spiro atoms.